The average molecular weight is 409 g/mol. The van der Waals surface area contributed by atoms with Gasteiger partial charge in [-0.3, -0.25) is 4.79 Å². The number of Topliss-reactive ketones (excluding diaryl/α,β-unsaturated/α-hetero) is 1. The van der Waals surface area contributed by atoms with Crippen molar-refractivity contribution in [3.63, 3.8) is 0 Å². The molecule has 2 unspecified atom stereocenters. The Balaban J connectivity index is 2.06. The average Bonchev–Trinajstić information content (AvgIpc) is 2.79. The smallest absolute Gasteiger partial charge is 0.144 e. The third kappa shape index (κ3) is 7.97. The molecule has 2 heteroatoms. The zero-order chi connectivity index (χ0) is 21.6. The first kappa shape index (κ1) is 24.2. The summed E-state index contributed by atoms with van der Waals surface area (Å²) < 4.78 is 6.06. The Morgan fingerprint density at radius 3 is 2.10 bits per heavy atom. The highest BCUT2D eigenvalue weighted by atomic mass is 16.5. The van der Waals surface area contributed by atoms with E-state index < -0.39 is 0 Å². The summed E-state index contributed by atoms with van der Waals surface area (Å²) in [6.45, 7) is 7.45. The number of ketones is 1. The van der Waals surface area contributed by atoms with Gasteiger partial charge in [0.2, 0.25) is 0 Å². The number of carbonyl (C=O) groups excluding carboxylic acids is 1. The Bertz CT molecular complexity index is 705. The number of rotatable bonds is 15. The van der Waals surface area contributed by atoms with E-state index >= 15 is 0 Å². The van der Waals surface area contributed by atoms with Crippen molar-refractivity contribution in [1.29, 1.82) is 0 Å². The Hall–Kier alpha value is -2.09. The molecule has 2 aromatic carbocycles. The normalized spacial score (nSPS) is 13.0. The Morgan fingerprint density at radius 2 is 1.47 bits per heavy atom. The molecule has 2 atom stereocenters. The summed E-state index contributed by atoms with van der Waals surface area (Å²) >= 11 is 0. The lowest BCUT2D eigenvalue weighted by molar-refractivity contribution is -0.119. The van der Waals surface area contributed by atoms with Gasteiger partial charge in [-0.2, -0.15) is 0 Å². The number of carbonyl (C=O) groups is 1. The third-order valence-corrected chi connectivity index (χ3v) is 5.97. The van der Waals surface area contributed by atoms with Gasteiger partial charge in [-0.25, -0.2) is 0 Å². The molecule has 0 saturated heterocycles. The van der Waals surface area contributed by atoms with Crippen molar-refractivity contribution < 1.29 is 9.53 Å². The van der Waals surface area contributed by atoms with Crippen molar-refractivity contribution in [3.8, 4) is 5.75 Å². The second kappa shape index (κ2) is 14.0. The van der Waals surface area contributed by atoms with Gasteiger partial charge in [0, 0.05) is 6.42 Å². The van der Waals surface area contributed by atoms with E-state index in [2.05, 4.69) is 45.0 Å². The van der Waals surface area contributed by atoms with Crippen molar-refractivity contribution in [2.75, 3.05) is 6.61 Å². The van der Waals surface area contributed by atoms with E-state index in [9.17, 15) is 4.79 Å². The van der Waals surface area contributed by atoms with Crippen LogP contribution in [0, 0.1) is 5.92 Å². The Kier molecular flexibility index (Phi) is 11.3. The van der Waals surface area contributed by atoms with Gasteiger partial charge in [0.05, 0.1) is 12.5 Å². The third-order valence-electron chi connectivity index (χ3n) is 5.97. The van der Waals surface area contributed by atoms with Gasteiger partial charge in [-0.05, 0) is 42.0 Å². The standard InChI is InChI=1S/C28H40O2/c1-4-7-9-13-17-27(29)28(24-15-11-10-12-16-24)25-18-20-26(21-19-25)30-22-23(6-3)14-8-5-2/h10-12,15-16,18-21,23,28H,4-9,13-14,17,22H2,1-3H3. The van der Waals surface area contributed by atoms with Crippen molar-refractivity contribution in [2.45, 2.75) is 84.5 Å². The highest BCUT2D eigenvalue weighted by molar-refractivity contribution is 5.89. The van der Waals surface area contributed by atoms with Gasteiger partial charge in [-0.1, -0.05) is 102 Å². The van der Waals surface area contributed by atoms with E-state index in [4.69, 9.17) is 4.74 Å². The molecule has 0 radical (unpaired) electrons. The van der Waals surface area contributed by atoms with Crippen LogP contribution in [-0.2, 0) is 4.79 Å². The topological polar surface area (TPSA) is 26.3 Å². The Labute approximate surface area is 184 Å². The van der Waals surface area contributed by atoms with Crippen molar-refractivity contribution in [1.82, 2.24) is 0 Å². The van der Waals surface area contributed by atoms with E-state index in [-0.39, 0.29) is 5.92 Å². The van der Waals surface area contributed by atoms with E-state index in [1.165, 1.54) is 32.1 Å². The summed E-state index contributed by atoms with van der Waals surface area (Å²) in [5.41, 5.74) is 2.14. The van der Waals surface area contributed by atoms with Crippen LogP contribution >= 0.6 is 0 Å². The highest BCUT2D eigenvalue weighted by Gasteiger charge is 2.22. The lowest BCUT2D eigenvalue weighted by Gasteiger charge is -2.19. The molecule has 0 fully saturated rings. The first-order valence-electron chi connectivity index (χ1n) is 12.0. The Morgan fingerprint density at radius 1 is 0.800 bits per heavy atom. The summed E-state index contributed by atoms with van der Waals surface area (Å²) in [5.74, 6) is 1.65. The van der Waals surface area contributed by atoms with Crippen molar-refractivity contribution in [2.24, 2.45) is 5.92 Å². The van der Waals surface area contributed by atoms with Crippen LogP contribution in [-0.4, -0.2) is 12.4 Å². The number of hydrogen-bond donors (Lipinski definition) is 0. The van der Waals surface area contributed by atoms with Crippen LogP contribution in [0.15, 0.2) is 54.6 Å². The number of unbranched alkanes of at least 4 members (excludes halogenated alkanes) is 4. The molecule has 164 valence electrons. The molecule has 0 amide bonds. The quantitative estimate of drug-likeness (QED) is 0.279. The maximum Gasteiger partial charge on any atom is 0.144 e. The maximum absolute atomic E-state index is 13.1. The predicted molar refractivity (Wildman–Crippen MR) is 127 cm³/mol. The molecule has 0 aliphatic carbocycles. The molecular formula is C28H40O2. The molecule has 2 aromatic rings. The van der Waals surface area contributed by atoms with Gasteiger partial charge < -0.3 is 4.74 Å². The lowest BCUT2D eigenvalue weighted by atomic mass is 9.85. The van der Waals surface area contributed by atoms with E-state index in [0.717, 1.165) is 42.7 Å². The van der Waals surface area contributed by atoms with Crippen LogP contribution in [0.5, 0.6) is 5.75 Å². The highest BCUT2D eigenvalue weighted by Crippen LogP contribution is 2.29. The van der Waals surface area contributed by atoms with Crippen LogP contribution in [0.2, 0.25) is 0 Å². The molecular weight excluding hydrogens is 368 g/mol. The number of hydrogen-bond acceptors (Lipinski definition) is 2. The fourth-order valence-electron chi connectivity index (χ4n) is 3.95. The van der Waals surface area contributed by atoms with Gasteiger partial charge in [-0.15, -0.1) is 0 Å². The molecule has 0 heterocycles. The van der Waals surface area contributed by atoms with Gasteiger partial charge in [0.15, 0.2) is 0 Å². The molecule has 0 bridgehead atoms. The molecule has 0 aliphatic rings. The predicted octanol–water partition coefficient (Wildman–Crippen LogP) is 7.95. The van der Waals surface area contributed by atoms with Crippen LogP contribution in [0.3, 0.4) is 0 Å². The molecule has 2 nitrogen and oxygen atoms in total. The van der Waals surface area contributed by atoms with E-state index in [0.29, 0.717) is 18.1 Å². The monoisotopic (exact) mass is 408 g/mol. The number of benzene rings is 2. The summed E-state index contributed by atoms with van der Waals surface area (Å²) in [4.78, 5) is 13.1. The fourth-order valence-corrected chi connectivity index (χ4v) is 3.95. The summed E-state index contributed by atoms with van der Waals surface area (Å²) in [7, 11) is 0. The molecule has 2 rings (SSSR count). The van der Waals surface area contributed by atoms with E-state index in [1.54, 1.807) is 0 Å². The zero-order valence-electron chi connectivity index (χ0n) is 19.2. The lowest BCUT2D eigenvalue weighted by Crippen LogP contribution is -2.14. The summed E-state index contributed by atoms with van der Waals surface area (Å²) in [5, 5.41) is 0. The number of ether oxygens (including phenoxy) is 1. The van der Waals surface area contributed by atoms with Crippen LogP contribution < -0.4 is 4.74 Å². The molecule has 0 spiro atoms. The maximum atomic E-state index is 13.1. The van der Waals surface area contributed by atoms with Gasteiger partial charge in [0.25, 0.3) is 0 Å². The largest absolute Gasteiger partial charge is 0.493 e. The minimum atomic E-state index is -0.185. The molecule has 0 N–H and O–H groups in total. The van der Waals surface area contributed by atoms with E-state index in [1.807, 2.05) is 30.3 Å². The second-order valence-electron chi connectivity index (χ2n) is 8.42. The first-order chi connectivity index (χ1) is 14.7. The van der Waals surface area contributed by atoms with Crippen LogP contribution in [0.4, 0.5) is 0 Å². The minimum absolute atomic E-state index is 0.185. The summed E-state index contributed by atoms with van der Waals surface area (Å²) in [6, 6.07) is 18.4. The van der Waals surface area contributed by atoms with Gasteiger partial charge in [0.1, 0.15) is 11.5 Å². The zero-order valence-corrected chi connectivity index (χ0v) is 19.2. The van der Waals surface area contributed by atoms with Crippen molar-refractivity contribution in [3.05, 3.63) is 65.7 Å². The molecule has 0 saturated carbocycles. The second-order valence-corrected chi connectivity index (χ2v) is 8.42. The SMILES string of the molecule is CCCCCCC(=O)C(c1ccccc1)c1ccc(OCC(CC)CCCC)cc1. The molecule has 0 aliphatic heterocycles. The fraction of sp³-hybridized carbons (Fsp3) is 0.536. The van der Waals surface area contributed by atoms with Crippen molar-refractivity contribution >= 4 is 5.78 Å². The first-order valence-corrected chi connectivity index (χ1v) is 12.0. The van der Waals surface area contributed by atoms with Gasteiger partial charge >= 0.3 is 0 Å². The molecule has 30 heavy (non-hydrogen) atoms. The van der Waals surface area contributed by atoms with Crippen LogP contribution in [0.25, 0.3) is 0 Å². The minimum Gasteiger partial charge on any atom is -0.493 e. The summed E-state index contributed by atoms with van der Waals surface area (Å²) in [6.07, 6.45) is 10.0. The molecule has 0 aromatic heterocycles. The van der Waals surface area contributed by atoms with Crippen LogP contribution in [0.1, 0.15) is 95.6 Å².